The van der Waals surface area contributed by atoms with E-state index in [0.29, 0.717) is 6.54 Å². The van der Waals surface area contributed by atoms with Crippen molar-refractivity contribution in [3.63, 3.8) is 0 Å². The van der Waals surface area contributed by atoms with Crippen LogP contribution in [-0.2, 0) is 19.4 Å². The maximum atomic E-state index is 5.88. The molecule has 0 spiro atoms. The first kappa shape index (κ1) is 11.0. The highest BCUT2D eigenvalue weighted by molar-refractivity contribution is 9.10. The van der Waals surface area contributed by atoms with Crippen LogP contribution in [0.25, 0.3) is 5.69 Å². The van der Waals surface area contributed by atoms with Gasteiger partial charge in [0.15, 0.2) is 0 Å². The molecule has 17 heavy (non-hydrogen) atoms. The topological polar surface area (TPSA) is 43.8 Å². The molecule has 2 aromatic rings. The summed E-state index contributed by atoms with van der Waals surface area (Å²) in [5, 5.41) is 4.70. The van der Waals surface area contributed by atoms with Crippen molar-refractivity contribution in [3.8, 4) is 5.69 Å². The van der Waals surface area contributed by atoms with Gasteiger partial charge in [0.2, 0.25) is 0 Å². The first-order chi connectivity index (χ1) is 8.31. The number of halogens is 1. The van der Waals surface area contributed by atoms with E-state index in [0.717, 1.165) is 28.7 Å². The van der Waals surface area contributed by atoms with E-state index in [1.165, 1.54) is 17.7 Å². The van der Waals surface area contributed by atoms with Crippen molar-refractivity contribution in [2.45, 2.75) is 25.8 Å². The van der Waals surface area contributed by atoms with Gasteiger partial charge in [-0.1, -0.05) is 12.1 Å². The molecule has 1 aromatic heterocycles. The van der Waals surface area contributed by atoms with Gasteiger partial charge in [0.25, 0.3) is 0 Å². The summed E-state index contributed by atoms with van der Waals surface area (Å²) in [4.78, 5) is 0. The summed E-state index contributed by atoms with van der Waals surface area (Å²) in [6.45, 7) is 0.545. The number of fused-ring (bicyclic) bond motifs is 1. The Morgan fingerprint density at radius 3 is 2.88 bits per heavy atom. The lowest BCUT2D eigenvalue weighted by Gasteiger charge is -2.09. The summed E-state index contributed by atoms with van der Waals surface area (Å²) in [6, 6.07) is 8.12. The molecule has 0 fully saturated rings. The van der Waals surface area contributed by atoms with Crippen LogP contribution in [0.1, 0.15) is 23.4 Å². The highest BCUT2D eigenvalue weighted by Crippen LogP contribution is 2.29. The van der Waals surface area contributed by atoms with E-state index >= 15 is 0 Å². The maximum Gasteiger partial charge on any atom is 0.0791 e. The third-order valence-electron chi connectivity index (χ3n) is 3.29. The van der Waals surface area contributed by atoms with Gasteiger partial charge in [0.1, 0.15) is 0 Å². The fourth-order valence-corrected chi connectivity index (χ4v) is 2.94. The molecule has 0 bridgehead atoms. The molecule has 0 unspecified atom stereocenters. The van der Waals surface area contributed by atoms with E-state index in [1.807, 2.05) is 22.9 Å². The summed E-state index contributed by atoms with van der Waals surface area (Å²) in [5.41, 5.74) is 10.7. The number of para-hydroxylation sites is 1. The van der Waals surface area contributed by atoms with Gasteiger partial charge in [-0.3, -0.25) is 0 Å². The Morgan fingerprint density at radius 1 is 1.29 bits per heavy atom. The molecule has 0 saturated heterocycles. The molecular formula is C13H14BrN3. The van der Waals surface area contributed by atoms with Crippen molar-refractivity contribution in [1.29, 1.82) is 0 Å². The zero-order valence-electron chi connectivity index (χ0n) is 9.49. The van der Waals surface area contributed by atoms with Crippen LogP contribution in [0, 0.1) is 0 Å². The van der Waals surface area contributed by atoms with E-state index < -0.39 is 0 Å². The number of aryl methyl sites for hydroxylation is 1. The molecule has 1 heterocycles. The van der Waals surface area contributed by atoms with Crippen LogP contribution < -0.4 is 5.73 Å². The number of hydrogen-bond acceptors (Lipinski definition) is 2. The molecule has 0 atom stereocenters. The molecule has 0 saturated carbocycles. The molecule has 88 valence electrons. The lowest BCUT2D eigenvalue weighted by molar-refractivity contribution is 0.750. The van der Waals surface area contributed by atoms with E-state index in [4.69, 9.17) is 10.8 Å². The van der Waals surface area contributed by atoms with Crippen LogP contribution in [0.2, 0.25) is 0 Å². The van der Waals surface area contributed by atoms with Crippen molar-refractivity contribution in [1.82, 2.24) is 9.78 Å². The molecule has 3 nitrogen and oxygen atoms in total. The van der Waals surface area contributed by atoms with E-state index in [1.54, 1.807) is 0 Å². The number of hydrogen-bond donors (Lipinski definition) is 1. The normalized spacial score (nSPS) is 14.0. The average Bonchev–Trinajstić information content (AvgIpc) is 2.89. The predicted octanol–water partition coefficient (Wildman–Crippen LogP) is 2.58. The molecule has 0 amide bonds. The lowest BCUT2D eigenvalue weighted by atomic mass is 10.2. The van der Waals surface area contributed by atoms with Crippen LogP contribution in [0.15, 0.2) is 28.7 Å². The third-order valence-corrected chi connectivity index (χ3v) is 3.96. The molecule has 1 aliphatic rings. The lowest BCUT2D eigenvalue weighted by Crippen LogP contribution is -2.09. The zero-order chi connectivity index (χ0) is 11.8. The molecule has 1 aliphatic carbocycles. The van der Waals surface area contributed by atoms with Crippen molar-refractivity contribution >= 4 is 15.9 Å². The van der Waals surface area contributed by atoms with Gasteiger partial charge in [0, 0.05) is 11.0 Å². The van der Waals surface area contributed by atoms with Gasteiger partial charge in [-0.25, -0.2) is 4.68 Å². The van der Waals surface area contributed by atoms with Gasteiger partial charge >= 0.3 is 0 Å². The standard InChI is InChI=1S/C13H14BrN3/c14-10-5-1-2-7-12(10)17-13(8-15)9-4-3-6-11(9)16-17/h1-2,5,7H,3-4,6,8,15H2. The fraction of sp³-hybridized carbons (Fsp3) is 0.308. The van der Waals surface area contributed by atoms with E-state index in [-0.39, 0.29) is 0 Å². The molecule has 0 aliphatic heterocycles. The minimum absolute atomic E-state index is 0.545. The Morgan fingerprint density at radius 2 is 2.12 bits per heavy atom. The average molecular weight is 292 g/mol. The number of nitrogens with zero attached hydrogens (tertiary/aromatic N) is 2. The Labute approximate surface area is 109 Å². The predicted molar refractivity (Wildman–Crippen MR) is 71.2 cm³/mol. The maximum absolute atomic E-state index is 5.88. The largest absolute Gasteiger partial charge is 0.325 e. The van der Waals surface area contributed by atoms with Gasteiger partial charge in [-0.15, -0.1) is 0 Å². The summed E-state index contributed by atoms with van der Waals surface area (Å²) in [5.74, 6) is 0. The van der Waals surface area contributed by atoms with Crippen LogP contribution in [-0.4, -0.2) is 9.78 Å². The second-order valence-electron chi connectivity index (χ2n) is 4.29. The summed E-state index contributed by atoms with van der Waals surface area (Å²) in [6.07, 6.45) is 3.41. The number of benzene rings is 1. The van der Waals surface area contributed by atoms with Crippen LogP contribution in [0.5, 0.6) is 0 Å². The van der Waals surface area contributed by atoms with Crippen molar-refractivity contribution < 1.29 is 0 Å². The highest BCUT2D eigenvalue weighted by Gasteiger charge is 2.22. The minimum Gasteiger partial charge on any atom is -0.325 e. The summed E-state index contributed by atoms with van der Waals surface area (Å²) in [7, 11) is 0. The van der Waals surface area contributed by atoms with Gasteiger partial charge in [-0.2, -0.15) is 5.10 Å². The van der Waals surface area contributed by atoms with Gasteiger partial charge < -0.3 is 5.73 Å². The molecule has 3 rings (SSSR count). The summed E-state index contributed by atoms with van der Waals surface area (Å²) >= 11 is 3.57. The number of rotatable bonds is 2. The molecule has 1 aromatic carbocycles. The Kier molecular flexibility index (Phi) is 2.76. The van der Waals surface area contributed by atoms with Crippen LogP contribution in [0.4, 0.5) is 0 Å². The summed E-state index contributed by atoms with van der Waals surface area (Å²) < 4.78 is 3.05. The van der Waals surface area contributed by atoms with Gasteiger partial charge in [-0.05, 0) is 52.9 Å². The first-order valence-electron chi connectivity index (χ1n) is 5.86. The zero-order valence-corrected chi connectivity index (χ0v) is 11.1. The Bertz CT molecular complexity index is 560. The third kappa shape index (κ3) is 1.72. The van der Waals surface area contributed by atoms with Gasteiger partial charge in [0.05, 0.1) is 17.1 Å². The Hall–Kier alpha value is -1.13. The number of nitrogens with two attached hydrogens (primary N) is 1. The molecule has 4 heteroatoms. The van der Waals surface area contributed by atoms with Crippen molar-refractivity contribution in [2.75, 3.05) is 0 Å². The molecule has 0 radical (unpaired) electrons. The SMILES string of the molecule is NCc1c2c(nn1-c1ccccc1Br)CCC2. The molecule has 2 N–H and O–H groups in total. The van der Waals surface area contributed by atoms with Crippen LogP contribution >= 0.6 is 15.9 Å². The number of aromatic nitrogens is 2. The monoisotopic (exact) mass is 291 g/mol. The Balaban J connectivity index is 2.19. The second-order valence-corrected chi connectivity index (χ2v) is 5.15. The quantitative estimate of drug-likeness (QED) is 0.924. The highest BCUT2D eigenvalue weighted by atomic mass is 79.9. The van der Waals surface area contributed by atoms with Crippen molar-refractivity contribution in [3.05, 3.63) is 45.7 Å². The van der Waals surface area contributed by atoms with Crippen LogP contribution in [0.3, 0.4) is 0 Å². The minimum atomic E-state index is 0.545. The first-order valence-corrected chi connectivity index (χ1v) is 6.65. The smallest absolute Gasteiger partial charge is 0.0791 e. The van der Waals surface area contributed by atoms with E-state index in [9.17, 15) is 0 Å². The molecular weight excluding hydrogens is 278 g/mol. The van der Waals surface area contributed by atoms with Crippen molar-refractivity contribution in [2.24, 2.45) is 5.73 Å². The fourth-order valence-electron chi connectivity index (χ4n) is 2.49. The van der Waals surface area contributed by atoms with E-state index in [2.05, 4.69) is 22.0 Å². The second kappa shape index (κ2) is 4.27.